The van der Waals surface area contributed by atoms with Crippen LogP contribution in [0.1, 0.15) is 35.7 Å². The number of Topliss-reactive ketones (excluding diaryl/α,β-unsaturated/α-hetero) is 1. The molecule has 2 aliphatic heterocycles. The molecule has 2 heterocycles. The molecule has 0 radical (unpaired) electrons. The molecule has 0 aliphatic carbocycles. The number of hydrogen-bond acceptors (Lipinski definition) is 5. The molecule has 4 rings (SSSR count). The molecule has 7 nitrogen and oxygen atoms in total. The van der Waals surface area contributed by atoms with Gasteiger partial charge >= 0.3 is 0 Å². The molecule has 0 spiro atoms. The lowest BCUT2D eigenvalue weighted by atomic mass is 10.1. The quantitative estimate of drug-likeness (QED) is 0.642. The number of rotatable bonds is 7. The van der Waals surface area contributed by atoms with Crippen molar-refractivity contribution in [2.24, 2.45) is 0 Å². The van der Waals surface area contributed by atoms with Gasteiger partial charge in [-0.05, 0) is 55.2 Å². The topological polar surface area (TPSA) is 76.2 Å². The van der Waals surface area contributed by atoms with E-state index in [0.29, 0.717) is 22.7 Å². The standard InChI is InChI=1S/C24H26N2O5/c1-2-17-6-5-7-19(12-17)30-15-21(27)18-8-9-22-20(13-18)26(24(29)16-31-22)14-23(28)25-10-3-4-11-25/h5-9,12-13H,2-4,10-11,14-16H2,1H3. The Labute approximate surface area is 181 Å². The summed E-state index contributed by atoms with van der Waals surface area (Å²) < 4.78 is 11.2. The number of carbonyl (C=O) groups excluding carboxylic acids is 3. The third-order valence-electron chi connectivity index (χ3n) is 5.65. The van der Waals surface area contributed by atoms with Gasteiger partial charge in [0.15, 0.2) is 19.0 Å². The molecule has 7 heteroatoms. The van der Waals surface area contributed by atoms with Gasteiger partial charge in [-0.2, -0.15) is 0 Å². The van der Waals surface area contributed by atoms with E-state index in [4.69, 9.17) is 9.47 Å². The molecule has 1 saturated heterocycles. The van der Waals surface area contributed by atoms with Crippen LogP contribution in [0.5, 0.6) is 11.5 Å². The van der Waals surface area contributed by atoms with Crippen LogP contribution in [0, 0.1) is 0 Å². The van der Waals surface area contributed by atoms with Gasteiger partial charge in [0, 0.05) is 18.7 Å². The predicted molar refractivity (Wildman–Crippen MR) is 116 cm³/mol. The maximum absolute atomic E-state index is 12.7. The minimum absolute atomic E-state index is 0.0485. The van der Waals surface area contributed by atoms with Gasteiger partial charge in [0.05, 0.1) is 5.69 Å². The lowest BCUT2D eigenvalue weighted by molar-refractivity contribution is -0.131. The normalized spacial score (nSPS) is 15.5. The molecule has 0 atom stereocenters. The van der Waals surface area contributed by atoms with Crippen molar-refractivity contribution in [2.45, 2.75) is 26.2 Å². The van der Waals surface area contributed by atoms with Gasteiger partial charge in [0.2, 0.25) is 5.91 Å². The van der Waals surface area contributed by atoms with Crippen molar-refractivity contribution in [3.05, 3.63) is 53.6 Å². The number of fused-ring (bicyclic) bond motifs is 1. The van der Waals surface area contributed by atoms with Crippen LogP contribution in [-0.4, -0.2) is 55.3 Å². The summed E-state index contributed by atoms with van der Waals surface area (Å²) in [5.74, 6) is 0.532. The van der Waals surface area contributed by atoms with Crippen LogP contribution >= 0.6 is 0 Å². The zero-order chi connectivity index (χ0) is 21.8. The second-order valence-corrected chi connectivity index (χ2v) is 7.75. The zero-order valence-electron chi connectivity index (χ0n) is 17.6. The maximum atomic E-state index is 12.7. The van der Waals surface area contributed by atoms with E-state index < -0.39 is 0 Å². The van der Waals surface area contributed by atoms with Gasteiger partial charge in [-0.25, -0.2) is 0 Å². The van der Waals surface area contributed by atoms with Crippen molar-refractivity contribution >= 4 is 23.3 Å². The number of anilines is 1. The molecule has 0 N–H and O–H groups in total. The first-order valence-corrected chi connectivity index (χ1v) is 10.6. The van der Waals surface area contributed by atoms with E-state index in [1.165, 1.54) is 4.90 Å². The lowest BCUT2D eigenvalue weighted by Gasteiger charge is -2.30. The Morgan fingerprint density at radius 1 is 1.10 bits per heavy atom. The molecule has 0 saturated carbocycles. The Kier molecular flexibility index (Phi) is 6.21. The molecule has 1 fully saturated rings. The Morgan fingerprint density at radius 3 is 2.68 bits per heavy atom. The number of ketones is 1. The molecule has 2 amide bonds. The van der Waals surface area contributed by atoms with Gasteiger partial charge in [0.25, 0.3) is 5.91 Å². The molecule has 162 valence electrons. The summed E-state index contributed by atoms with van der Waals surface area (Å²) in [5, 5.41) is 0. The highest BCUT2D eigenvalue weighted by atomic mass is 16.5. The van der Waals surface area contributed by atoms with Gasteiger partial charge in [0.1, 0.15) is 18.0 Å². The maximum Gasteiger partial charge on any atom is 0.265 e. The van der Waals surface area contributed by atoms with E-state index in [1.807, 2.05) is 24.3 Å². The summed E-state index contributed by atoms with van der Waals surface area (Å²) in [6, 6.07) is 12.6. The van der Waals surface area contributed by atoms with E-state index in [-0.39, 0.29) is 37.4 Å². The first-order valence-electron chi connectivity index (χ1n) is 10.6. The first kappa shape index (κ1) is 20.9. The van der Waals surface area contributed by atoms with Crippen LogP contribution in [0.4, 0.5) is 5.69 Å². The van der Waals surface area contributed by atoms with E-state index >= 15 is 0 Å². The number of benzene rings is 2. The number of amides is 2. The minimum Gasteiger partial charge on any atom is -0.485 e. The van der Waals surface area contributed by atoms with Crippen LogP contribution in [0.25, 0.3) is 0 Å². The molecule has 0 bridgehead atoms. The molecular formula is C24H26N2O5. The van der Waals surface area contributed by atoms with E-state index in [2.05, 4.69) is 6.92 Å². The van der Waals surface area contributed by atoms with Crippen LogP contribution in [0.15, 0.2) is 42.5 Å². The highest BCUT2D eigenvalue weighted by Crippen LogP contribution is 2.33. The molecule has 31 heavy (non-hydrogen) atoms. The predicted octanol–water partition coefficient (Wildman–Crippen LogP) is 2.86. The molecule has 2 aliphatic rings. The number of aryl methyl sites for hydroxylation is 1. The summed E-state index contributed by atoms with van der Waals surface area (Å²) in [4.78, 5) is 41.0. The number of carbonyl (C=O) groups is 3. The Morgan fingerprint density at radius 2 is 1.90 bits per heavy atom. The second kappa shape index (κ2) is 9.20. The number of ether oxygens (including phenoxy) is 2. The summed E-state index contributed by atoms with van der Waals surface area (Å²) in [5.41, 5.74) is 1.98. The number of nitrogens with zero attached hydrogens (tertiary/aromatic N) is 2. The summed E-state index contributed by atoms with van der Waals surface area (Å²) in [7, 11) is 0. The van der Waals surface area contributed by atoms with Crippen molar-refractivity contribution in [1.82, 2.24) is 4.90 Å². The fourth-order valence-corrected chi connectivity index (χ4v) is 3.84. The zero-order valence-corrected chi connectivity index (χ0v) is 17.6. The Balaban J connectivity index is 1.48. The monoisotopic (exact) mass is 422 g/mol. The Bertz CT molecular complexity index is 997. The fraction of sp³-hybridized carbons (Fsp3) is 0.375. The lowest BCUT2D eigenvalue weighted by Crippen LogP contribution is -2.46. The van der Waals surface area contributed by atoms with E-state index in [9.17, 15) is 14.4 Å². The smallest absolute Gasteiger partial charge is 0.265 e. The fourth-order valence-electron chi connectivity index (χ4n) is 3.84. The Hall–Kier alpha value is -3.35. The molecule has 2 aromatic rings. The number of likely N-dealkylation sites (tertiary alicyclic amines) is 1. The number of hydrogen-bond donors (Lipinski definition) is 0. The highest BCUT2D eigenvalue weighted by molar-refractivity contribution is 6.04. The van der Waals surface area contributed by atoms with E-state index in [1.54, 1.807) is 23.1 Å². The van der Waals surface area contributed by atoms with Crippen LogP contribution < -0.4 is 14.4 Å². The largest absolute Gasteiger partial charge is 0.485 e. The van der Waals surface area contributed by atoms with Crippen molar-refractivity contribution < 1.29 is 23.9 Å². The molecular weight excluding hydrogens is 396 g/mol. The summed E-state index contributed by atoms with van der Waals surface area (Å²) >= 11 is 0. The van der Waals surface area contributed by atoms with E-state index in [0.717, 1.165) is 37.9 Å². The van der Waals surface area contributed by atoms with Gasteiger partial charge in [-0.1, -0.05) is 19.1 Å². The van der Waals surface area contributed by atoms with Gasteiger partial charge < -0.3 is 14.4 Å². The second-order valence-electron chi connectivity index (χ2n) is 7.75. The third kappa shape index (κ3) is 4.71. The molecule has 0 aromatic heterocycles. The first-order chi connectivity index (χ1) is 15.0. The van der Waals surface area contributed by atoms with Crippen molar-refractivity contribution in [2.75, 3.05) is 37.7 Å². The van der Waals surface area contributed by atoms with Crippen LogP contribution in [-0.2, 0) is 16.0 Å². The average molecular weight is 422 g/mol. The summed E-state index contributed by atoms with van der Waals surface area (Å²) in [6.07, 6.45) is 2.86. The summed E-state index contributed by atoms with van der Waals surface area (Å²) in [6.45, 7) is 3.21. The van der Waals surface area contributed by atoms with Crippen molar-refractivity contribution in [3.8, 4) is 11.5 Å². The third-order valence-corrected chi connectivity index (χ3v) is 5.65. The molecule has 0 unspecified atom stereocenters. The van der Waals surface area contributed by atoms with Crippen LogP contribution in [0.3, 0.4) is 0 Å². The average Bonchev–Trinajstić information content (AvgIpc) is 3.34. The van der Waals surface area contributed by atoms with Crippen LogP contribution in [0.2, 0.25) is 0 Å². The highest BCUT2D eigenvalue weighted by Gasteiger charge is 2.30. The van der Waals surface area contributed by atoms with Crippen molar-refractivity contribution in [1.29, 1.82) is 0 Å². The van der Waals surface area contributed by atoms with Crippen molar-refractivity contribution in [3.63, 3.8) is 0 Å². The minimum atomic E-state index is -0.294. The van der Waals surface area contributed by atoms with Gasteiger partial charge in [-0.3, -0.25) is 19.3 Å². The molecule has 2 aromatic carbocycles. The van der Waals surface area contributed by atoms with Gasteiger partial charge in [-0.15, -0.1) is 0 Å². The SMILES string of the molecule is CCc1cccc(OCC(=O)c2ccc3c(c2)N(CC(=O)N2CCCC2)C(=O)CO3)c1.